The molecule has 0 aromatic carbocycles. The lowest BCUT2D eigenvalue weighted by molar-refractivity contribution is 0.208. The highest BCUT2D eigenvalue weighted by molar-refractivity contribution is 5.85. The molecule has 3 aromatic rings. The Hall–Kier alpha value is -2.41. The lowest BCUT2D eigenvalue weighted by Crippen LogP contribution is -2.41. The first-order chi connectivity index (χ1) is 10.9. The van der Waals surface area contributed by atoms with Gasteiger partial charge in [-0.3, -0.25) is 10.00 Å². The SMILES string of the molecule is c1nc(N[C@@H]2CCCN(Cc3cn[nH]c3)C2)c2[nH]ccc2n1. The summed E-state index contributed by atoms with van der Waals surface area (Å²) in [5.74, 6) is 0.894. The fourth-order valence-corrected chi connectivity index (χ4v) is 3.11. The Balaban J connectivity index is 1.45. The van der Waals surface area contributed by atoms with Crippen molar-refractivity contribution in [3.63, 3.8) is 0 Å². The van der Waals surface area contributed by atoms with Crippen LogP contribution in [-0.2, 0) is 6.54 Å². The van der Waals surface area contributed by atoms with Crippen molar-refractivity contribution >= 4 is 16.9 Å². The average molecular weight is 297 g/mol. The molecule has 0 aliphatic carbocycles. The largest absolute Gasteiger partial charge is 0.364 e. The monoisotopic (exact) mass is 297 g/mol. The van der Waals surface area contributed by atoms with E-state index in [9.17, 15) is 0 Å². The van der Waals surface area contributed by atoms with Crippen LogP contribution in [0.5, 0.6) is 0 Å². The van der Waals surface area contributed by atoms with E-state index >= 15 is 0 Å². The number of piperidine rings is 1. The smallest absolute Gasteiger partial charge is 0.154 e. The lowest BCUT2D eigenvalue weighted by atomic mass is 10.1. The van der Waals surface area contributed by atoms with Crippen LogP contribution in [-0.4, -0.2) is 49.2 Å². The van der Waals surface area contributed by atoms with Crippen molar-refractivity contribution in [3.8, 4) is 0 Å². The molecule has 0 unspecified atom stereocenters. The van der Waals surface area contributed by atoms with Gasteiger partial charge in [0, 0.05) is 37.1 Å². The van der Waals surface area contributed by atoms with Crippen LogP contribution >= 0.6 is 0 Å². The number of likely N-dealkylation sites (tertiary alicyclic amines) is 1. The number of aromatic nitrogens is 5. The van der Waals surface area contributed by atoms with Crippen LogP contribution in [0.3, 0.4) is 0 Å². The van der Waals surface area contributed by atoms with Crippen molar-refractivity contribution in [2.75, 3.05) is 18.4 Å². The molecule has 7 nitrogen and oxygen atoms in total. The number of H-pyrrole nitrogens is 2. The molecule has 0 bridgehead atoms. The Morgan fingerprint density at radius 3 is 3.27 bits per heavy atom. The van der Waals surface area contributed by atoms with Gasteiger partial charge >= 0.3 is 0 Å². The van der Waals surface area contributed by atoms with E-state index in [2.05, 4.69) is 35.4 Å². The first-order valence-corrected chi connectivity index (χ1v) is 7.63. The minimum atomic E-state index is 0.405. The molecule has 0 amide bonds. The van der Waals surface area contributed by atoms with E-state index in [4.69, 9.17) is 0 Å². The van der Waals surface area contributed by atoms with E-state index in [1.165, 1.54) is 12.0 Å². The average Bonchev–Trinajstić information content (AvgIpc) is 3.19. The minimum Gasteiger partial charge on any atom is -0.364 e. The van der Waals surface area contributed by atoms with Gasteiger partial charge in [0.05, 0.1) is 11.7 Å². The molecule has 0 radical (unpaired) electrons. The quantitative estimate of drug-likeness (QED) is 0.683. The van der Waals surface area contributed by atoms with E-state index in [1.54, 1.807) is 6.33 Å². The van der Waals surface area contributed by atoms with Gasteiger partial charge in [0.1, 0.15) is 11.8 Å². The predicted molar refractivity (Wildman–Crippen MR) is 84.4 cm³/mol. The van der Waals surface area contributed by atoms with E-state index in [-0.39, 0.29) is 0 Å². The van der Waals surface area contributed by atoms with Crippen LogP contribution in [0.1, 0.15) is 18.4 Å². The standard InChI is InChI=1S/C15H19N7/c1-2-12(9-22(5-1)8-11-6-19-20-7-11)21-15-14-13(3-4-16-14)17-10-18-15/h3-4,6-7,10,12,16H,1-2,5,8-9H2,(H,19,20)(H,17,18,21)/t12-/m1/s1. The summed E-state index contributed by atoms with van der Waals surface area (Å²) in [7, 11) is 0. The van der Waals surface area contributed by atoms with E-state index in [0.717, 1.165) is 42.9 Å². The van der Waals surface area contributed by atoms with Crippen molar-refractivity contribution in [1.82, 2.24) is 30.0 Å². The topological polar surface area (TPSA) is 85.5 Å². The fraction of sp³-hybridized carbons (Fsp3) is 0.400. The summed E-state index contributed by atoms with van der Waals surface area (Å²) < 4.78 is 0. The highest BCUT2D eigenvalue weighted by atomic mass is 15.2. The first kappa shape index (κ1) is 13.3. The number of nitrogens with one attached hydrogen (secondary N) is 3. The molecular weight excluding hydrogens is 278 g/mol. The summed E-state index contributed by atoms with van der Waals surface area (Å²) in [6.07, 6.45) is 9.72. The van der Waals surface area contributed by atoms with Crippen molar-refractivity contribution < 1.29 is 0 Å². The third-order valence-electron chi connectivity index (χ3n) is 4.15. The maximum absolute atomic E-state index is 4.39. The molecular formula is C15H19N7. The number of rotatable bonds is 4. The molecule has 7 heteroatoms. The Morgan fingerprint density at radius 2 is 2.36 bits per heavy atom. The number of hydrogen-bond acceptors (Lipinski definition) is 5. The normalized spacial score (nSPS) is 19.5. The second kappa shape index (κ2) is 5.76. The van der Waals surface area contributed by atoms with Gasteiger partial charge in [-0.1, -0.05) is 0 Å². The van der Waals surface area contributed by atoms with Crippen LogP contribution in [0.2, 0.25) is 0 Å². The van der Waals surface area contributed by atoms with E-state index in [0.29, 0.717) is 6.04 Å². The van der Waals surface area contributed by atoms with Gasteiger partial charge in [0.2, 0.25) is 0 Å². The summed E-state index contributed by atoms with van der Waals surface area (Å²) in [4.78, 5) is 14.3. The zero-order valence-corrected chi connectivity index (χ0v) is 12.3. The fourth-order valence-electron chi connectivity index (χ4n) is 3.11. The van der Waals surface area contributed by atoms with Crippen molar-refractivity contribution in [3.05, 3.63) is 36.5 Å². The summed E-state index contributed by atoms with van der Waals surface area (Å²) in [5.41, 5.74) is 3.16. The highest BCUT2D eigenvalue weighted by Crippen LogP contribution is 2.21. The van der Waals surface area contributed by atoms with Gasteiger partial charge in [0.15, 0.2) is 5.82 Å². The number of aromatic amines is 2. The number of anilines is 1. The molecule has 114 valence electrons. The third kappa shape index (κ3) is 2.67. The van der Waals surface area contributed by atoms with Crippen molar-refractivity contribution in [2.24, 2.45) is 0 Å². The summed E-state index contributed by atoms with van der Waals surface area (Å²) in [6.45, 7) is 3.08. The molecule has 4 heterocycles. The van der Waals surface area contributed by atoms with Gasteiger partial charge in [-0.05, 0) is 25.5 Å². The van der Waals surface area contributed by atoms with Gasteiger partial charge < -0.3 is 10.3 Å². The van der Waals surface area contributed by atoms with E-state index in [1.807, 2.05) is 24.7 Å². The van der Waals surface area contributed by atoms with Gasteiger partial charge in [-0.25, -0.2) is 9.97 Å². The maximum Gasteiger partial charge on any atom is 0.154 e. The zero-order chi connectivity index (χ0) is 14.8. The zero-order valence-electron chi connectivity index (χ0n) is 12.3. The van der Waals surface area contributed by atoms with Crippen LogP contribution in [0.15, 0.2) is 31.0 Å². The highest BCUT2D eigenvalue weighted by Gasteiger charge is 2.21. The van der Waals surface area contributed by atoms with Crippen LogP contribution in [0.25, 0.3) is 11.0 Å². The van der Waals surface area contributed by atoms with Crippen LogP contribution in [0.4, 0.5) is 5.82 Å². The molecule has 1 atom stereocenters. The molecule has 1 fully saturated rings. The second-order valence-electron chi connectivity index (χ2n) is 5.79. The Morgan fingerprint density at radius 1 is 1.36 bits per heavy atom. The molecule has 1 aliphatic heterocycles. The third-order valence-corrected chi connectivity index (χ3v) is 4.15. The van der Waals surface area contributed by atoms with E-state index < -0.39 is 0 Å². The van der Waals surface area contributed by atoms with Crippen molar-refractivity contribution in [1.29, 1.82) is 0 Å². The Kier molecular flexibility index (Phi) is 3.48. The van der Waals surface area contributed by atoms with Gasteiger partial charge in [0.25, 0.3) is 0 Å². The Bertz CT molecular complexity index is 733. The first-order valence-electron chi connectivity index (χ1n) is 7.63. The van der Waals surface area contributed by atoms with Crippen LogP contribution in [0, 0.1) is 0 Å². The minimum absolute atomic E-state index is 0.405. The molecule has 3 aromatic heterocycles. The summed E-state index contributed by atoms with van der Waals surface area (Å²) >= 11 is 0. The van der Waals surface area contributed by atoms with Gasteiger partial charge in [-0.15, -0.1) is 0 Å². The molecule has 0 spiro atoms. The predicted octanol–water partition coefficient (Wildman–Crippen LogP) is 1.76. The van der Waals surface area contributed by atoms with Crippen molar-refractivity contribution in [2.45, 2.75) is 25.4 Å². The molecule has 3 N–H and O–H groups in total. The second-order valence-corrected chi connectivity index (χ2v) is 5.79. The molecule has 4 rings (SSSR count). The lowest BCUT2D eigenvalue weighted by Gasteiger charge is -2.33. The summed E-state index contributed by atoms with van der Waals surface area (Å²) in [5, 5.41) is 10.5. The molecule has 0 saturated carbocycles. The molecule has 1 saturated heterocycles. The van der Waals surface area contributed by atoms with Gasteiger partial charge in [-0.2, -0.15) is 5.10 Å². The maximum atomic E-state index is 4.39. The van der Waals surface area contributed by atoms with Crippen LogP contribution < -0.4 is 5.32 Å². The Labute approximate surface area is 128 Å². The molecule has 22 heavy (non-hydrogen) atoms. The molecule has 1 aliphatic rings. The number of hydrogen-bond donors (Lipinski definition) is 3. The summed E-state index contributed by atoms with van der Waals surface area (Å²) in [6, 6.07) is 2.37. The number of fused-ring (bicyclic) bond motifs is 1. The number of nitrogens with zero attached hydrogens (tertiary/aromatic N) is 4.